The second-order valence-electron chi connectivity index (χ2n) is 5.58. The van der Waals surface area contributed by atoms with Gasteiger partial charge in [-0.3, -0.25) is 4.79 Å². The highest BCUT2D eigenvalue weighted by Gasteiger charge is 2.30. The Balaban J connectivity index is 1.60. The van der Waals surface area contributed by atoms with Crippen LogP contribution in [0.2, 0.25) is 0 Å². The van der Waals surface area contributed by atoms with Crippen LogP contribution in [0.25, 0.3) is 0 Å². The predicted molar refractivity (Wildman–Crippen MR) is 76.0 cm³/mol. The maximum Gasteiger partial charge on any atom is 0.221 e. The van der Waals surface area contributed by atoms with Crippen LogP contribution in [0.15, 0.2) is 12.1 Å². The van der Waals surface area contributed by atoms with E-state index in [4.69, 9.17) is 5.73 Å². The van der Waals surface area contributed by atoms with Crippen LogP contribution in [-0.2, 0) is 17.8 Å². The number of hydrogen-bond donors (Lipinski definition) is 3. The molecule has 2 atom stereocenters. The first kappa shape index (κ1) is 15.5. The number of nitrogens with zero attached hydrogens (tertiary/aromatic N) is 3. The molecule has 1 aromatic heterocycles. The van der Waals surface area contributed by atoms with Crippen LogP contribution in [0.4, 0.5) is 8.78 Å². The van der Waals surface area contributed by atoms with E-state index in [9.17, 15) is 13.6 Å². The molecule has 0 bridgehead atoms. The maximum absolute atomic E-state index is 13.4. The van der Waals surface area contributed by atoms with E-state index in [1.165, 1.54) is 12.1 Å². The largest absolute Gasteiger partial charge is 0.349 e. The lowest BCUT2D eigenvalue weighted by Crippen LogP contribution is -2.35. The van der Waals surface area contributed by atoms with Gasteiger partial charge in [0.1, 0.15) is 0 Å². The first-order chi connectivity index (χ1) is 11.0. The number of hydrogen-bond acceptors (Lipinski definition) is 5. The molecule has 1 amide bonds. The lowest BCUT2D eigenvalue weighted by atomic mass is 9.91. The van der Waals surface area contributed by atoms with Crippen molar-refractivity contribution in [2.45, 2.75) is 37.8 Å². The molecule has 1 aliphatic rings. The minimum Gasteiger partial charge on any atom is -0.349 e. The van der Waals surface area contributed by atoms with Gasteiger partial charge in [-0.25, -0.2) is 8.78 Å². The molecule has 0 aliphatic heterocycles. The molecule has 1 aliphatic carbocycles. The molecule has 23 heavy (non-hydrogen) atoms. The van der Waals surface area contributed by atoms with Gasteiger partial charge in [-0.15, -0.1) is 10.2 Å². The summed E-state index contributed by atoms with van der Waals surface area (Å²) in [6, 6.07) is 1.94. The molecule has 0 saturated carbocycles. The summed E-state index contributed by atoms with van der Waals surface area (Å²) < 4.78 is 26.7. The smallest absolute Gasteiger partial charge is 0.221 e. The molecule has 0 spiro atoms. The Morgan fingerprint density at radius 3 is 2.96 bits per heavy atom. The summed E-state index contributed by atoms with van der Waals surface area (Å²) in [6.07, 6.45) is 1.40. The number of fused-ring (bicyclic) bond motifs is 1. The molecule has 9 heteroatoms. The van der Waals surface area contributed by atoms with Crippen molar-refractivity contribution < 1.29 is 13.6 Å². The molecule has 1 aromatic carbocycles. The van der Waals surface area contributed by atoms with Gasteiger partial charge < -0.3 is 11.1 Å². The van der Waals surface area contributed by atoms with Gasteiger partial charge in [-0.2, -0.15) is 5.21 Å². The lowest BCUT2D eigenvalue weighted by molar-refractivity contribution is -0.121. The van der Waals surface area contributed by atoms with E-state index in [0.29, 0.717) is 24.2 Å². The monoisotopic (exact) mass is 322 g/mol. The minimum atomic E-state index is -0.885. The van der Waals surface area contributed by atoms with Gasteiger partial charge in [0.25, 0.3) is 0 Å². The molecule has 3 rings (SSSR count). The summed E-state index contributed by atoms with van der Waals surface area (Å²) in [5.74, 6) is -1.77. The minimum absolute atomic E-state index is 0.0843. The summed E-state index contributed by atoms with van der Waals surface area (Å²) in [5, 5.41) is 15.8. The lowest BCUT2D eigenvalue weighted by Gasteiger charge is -2.20. The number of rotatable bonds is 5. The zero-order valence-corrected chi connectivity index (χ0v) is 12.2. The number of benzene rings is 1. The van der Waals surface area contributed by atoms with Crippen LogP contribution in [0.5, 0.6) is 0 Å². The molecule has 2 aromatic rings. The van der Waals surface area contributed by atoms with Crippen molar-refractivity contribution in [1.29, 1.82) is 0 Å². The number of nitrogens with two attached hydrogens (primary N) is 1. The average molecular weight is 322 g/mol. The van der Waals surface area contributed by atoms with Gasteiger partial charge in [0.15, 0.2) is 17.5 Å². The molecule has 0 radical (unpaired) electrons. The highest BCUT2D eigenvalue weighted by molar-refractivity contribution is 5.76. The summed E-state index contributed by atoms with van der Waals surface area (Å²) in [7, 11) is 0. The van der Waals surface area contributed by atoms with Crippen molar-refractivity contribution in [2.24, 2.45) is 5.73 Å². The SMILES string of the molecule is NC(CC(=O)NCc1nn[nH]n1)C1CCc2cc(F)c(F)cc21. The van der Waals surface area contributed by atoms with Gasteiger partial charge in [-0.05, 0) is 36.1 Å². The Bertz CT molecular complexity index is 706. The van der Waals surface area contributed by atoms with Crippen LogP contribution in [-0.4, -0.2) is 32.6 Å². The van der Waals surface area contributed by atoms with Crippen LogP contribution in [0, 0.1) is 11.6 Å². The van der Waals surface area contributed by atoms with Crippen LogP contribution >= 0.6 is 0 Å². The van der Waals surface area contributed by atoms with Crippen molar-refractivity contribution in [3.8, 4) is 0 Å². The molecule has 2 unspecified atom stereocenters. The average Bonchev–Trinajstić information content (AvgIpc) is 3.15. The third-order valence-electron chi connectivity index (χ3n) is 4.08. The second-order valence-corrected chi connectivity index (χ2v) is 5.58. The molecule has 4 N–H and O–H groups in total. The summed E-state index contributed by atoms with van der Waals surface area (Å²) in [6.45, 7) is 0.156. The zero-order valence-electron chi connectivity index (χ0n) is 12.2. The molecule has 0 fully saturated rings. The zero-order chi connectivity index (χ0) is 16.4. The third kappa shape index (κ3) is 3.34. The fourth-order valence-corrected chi connectivity index (χ4v) is 2.94. The number of nitrogens with one attached hydrogen (secondary N) is 2. The van der Waals surface area contributed by atoms with Gasteiger partial charge in [0.2, 0.25) is 5.91 Å². The molecular formula is C14H16F2N6O. The van der Waals surface area contributed by atoms with Gasteiger partial charge in [0.05, 0.1) is 6.54 Å². The number of amides is 1. The summed E-state index contributed by atoms with van der Waals surface area (Å²) >= 11 is 0. The van der Waals surface area contributed by atoms with E-state index < -0.39 is 17.7 Å². The van der Waals surface area contributed by atoms with E-state index in [1.807, 2.05) is 0 Å². The number of aromatic amines is 1. The quantitative estimate of drug-likeness (QED) is 0.744. The fraction of sp³-hybridized carbons (Fsp3) is 0.429. The Morgan fingerprint density at radius 2 is 2.22 bits per heavy atom. The maximum atomic E-state index is 13.4. The van der Waals surface area contributed by atoms with E-state index in [1.54, 1.807) is 0 Å². The number of tetrazole rings is 1. The fourth-order valence-electron chi connectivity index (χ4n) is 2.94. The Kier molecular flexibility index (Phi) is 4.28. The normalized spacial score (nSPS) is 17.8. The molecular weight excluding hydrogens is 306 g/mol. The topological polar surface area (TPSA) is 110 Å². The van der Waals surface area contributed by atoms with Crippen molar-refractivity contribution in [2.75, 3.05) is 0 Å². The Labute approximate surface area is 130 Å². The number of aryl methyl sites for hydroxylation is 1. The first-order valence-corrected chi connectivity index (χ1v) is 7.27. The summed E-state index contributed by atoms with van der Waals surface area (Å²) in [5.41, 5.74) is 7.56. The molecule has 0 saturated heterocycles. The van der Waals surface area contributed by atoms with Crippen molar-refractivity contribution in [3.05, 3.63) is 40.7 Å². The van der Waals surface area contributed by atoms with E-state index in [0.717, 1.165) is 5.56 Å². The van der Waals surface area contributed by atoms with Crippen LogP contribution in [0.3, 0.4) is 0 Å². The molecule has 1 heterocycles. The summed E-state index contributed by atoms with van der Waals surface area (Å²) in [4.78, 5) is 11.9. The highest BCUT2D eigenvalue weighted by atomic mass is 19.2. The van der Waals surface area contributed by atoms with Gasteiger partial charge in [0, 0.05) is 18.4 Å². The first-order valence-electron chi connectivity index (χ1n) is 7.27. The Hall–Kier alpha value is -2.42. The number of carbonyl (C=O) groups excluding carboxylic acids is 1. The highest BCUT2D eigenvalue weighted by Crippen LogP contribution is 2.36. The molecule has 122 valence electrons. The van der Waals surface area contributed by atoms with Crippen LogP contribution in [0.1, 0.15) is 35.7 Å². The van der Waals surface area contributed by atoms with Crippen molar-refractivity contribution >= 4 is 5.91 Å². The standard InChI is InChI=1S/C14H16F2N6O/c15-10-3-7-1-2-8(9(7)4-11(10)16)12(17)5-14(23)18-6-13-19-21-22-20-13/h3-4,8,12H,1-2,5-6,17H2,(H,18,23)(H,19,20,21,22). The van der Waals surface area contributed by atoms with E-state index >= 15 is 0 Å². The number of H-pyrrole nitrogens is 1. The van der Waals surface area contributed by atoms with Crippen molar-refractivity contribution in [1.82, 2.24) is 25.9 Å². The third-order valence-corrected chi connectivity index (χ3v) is 4.08. The second kappa shape index (κ2) is 6.37. The molecule has 7 nitrogen and oxygen atoms in total. The van der Waals surface area contributed by atoms with Gasteiger partial charge >= 0.3 is 0 Å². The predicted octanol–water partition coefficient (Wildman–Crippen LogP) is 0.541. The van der Waals surface area contributed by atoms with E-state index in [-0.39, 0.29) is 24.8 Å². The number of carbonyl (C=O) groups is 1. The Morgan fingerprint density at radius 1 is 1.43 bits per heavy atom. The van der Waals surface area contributed by atoms with Crippen molar-refractivity contribution in [3.63, 3.8) is 0 Å². The van der Waals surface area contributed by atoms with E-state index in [2.05, 4.69) is 25.9 Å². The van der Waals surface area contributed by atoms with Gasteiger partial charge in [-0.1, -0.05) is 5.21 Å². The number of halogens is 2. The number of aromatic nitrogens is 4. The van der Waals surface area contributed by atoms with Crippen LogP contribution < -0.4 is 11.1 Å².